The lowest BCUT2D eigenvalue weighted by atomic mass is 9.85. The summed E-state index contributed by atoms with van der Waals surface area (Å²) in [5.41, 5.74) is 1.64. The van der Waals surface area contributed by atoms with Crippen molar-refractivity contribution >= 4 is 11.9 Å². The number of esters is 2. The first-order chi connectivity index (χ1) is 14.3. The molecule has 0 aliphatic carbocycles. The van der Waals surface area contributed by atoms with Crippen LogP contribution >= 0.6 is 0 Å². The fourth-order valence-electron chi connectivity index (χ4n) is 2.72. The molecule has 0 amide bonds. The molecule has 4 heteroatoms. The van der Waals surface area contributed by atoms with Crippen molar-refractivity contribution in [3.8, 4) is 0 Å². The van der Waals surface area contributed by atoms with Gasteiger partial charge in [-0.1, -0.05) is 81.4 Å². The molecule has 0 spiro atoms. The molecule has 0 saturated carbocycles. The predicted octanol–water partition coefficient (Wildman–Crippen LogP) is 6.05. The normalized spacial score (nSPS) is 11.6. The Balaban J connectivity index is 0.000000300. The van der Waals surface area contributed by atoms with E-state index in [1.165, 1.54) is 5.56 Å². The summed E-state index contributed by atoms with van der Waals surface area (Å²) in [4.78, 5) is 23.0. The van der Waals surface area contributed by atoms with Gasteiger partial charge in [0.15, 0.2) is 0 Å². The molecular formula is C26H36O4. The number of hydrogen-bond donors (Lipinski definition) is 0. The van der Waals surface area contributed by atoms with Gasteiger partial charge in [0.2, 0.25) is 0 Å². The molecule has 2 aromatic rings. The third-order valence-corrected chi connectivity index (χ3v) is 4.76. The maximum absolute atomic E-state index is 11.8. The van der Waals surface area contributed by atoms with Crippen molar-refractivity contribution < 1.29 is 19.1 Å². The fraction of sp³-hybridized carbons (Fsp3) is 0.462. The lowest BCUT2D eigenvalue weighted by Crippen LogP contribution is -2.31. The van der Waals surface area contributed by atoms with Crippen molar-refractivity contribution in [3.05, 3.63) is 71.8 Å². The second-order valence-electron chi connectivity index (χ2n) is 7.87. The second-order valence-corrected chi connectivity index (χ2v) is 7.87. The predicted molar refractivity (Wildman–Crippen MR) is 121 cm³/mol. The Morgan fingerprint density at radius 3 is 1.97 bits per heavy atom. The summed E-state index contributed by atoms with van der Waals surface area (Å²) in [5.74, 6) is 0.0165. The highest BCUT2D eigenvalue weighted by atomic mass is 16.5. The first-order valence-corrected chi connectivity index (χ1v) is 10.8. The van der Waals surface area contributed by atoms with Crippen molar-refractivity contribution in [2.45, 2.75) is 65.2 Å². The van der Waals surface area contributed by atoms with E-state index >= 15 is 0 Å². The van der Waals surface area contributed by atoms with E-state index in [9.17, 15) is 9.59 Å². The number of rotatable bonds is 9. The number of benzene rings is 2. The first-order valence-electron chi connectivity index (χ1n) is 10.8. The molecule has 1 atom stereocenters. The van der Waals surface area contributed by atoms with E-state index in [4.69, 9.17) is 9.47 Å². The smallest absolute Gasteiger partial charge is 0.315 e. The van der Waals surface area contributed by atoms with Crippen LogP contribution in [0.2, 0.25) is 0 Å². The van der Waals surface area contributed by atoms with E-state index in [0.29, 0.717) is 19.6 Å². The number of carbonyl (C=O) groups excluding carboxylic acids is 2. The van der Waals surface area contributed by atoms with Gasteiger partial charge in [0.1, 0.15) is 0 Å². The summed E-state index contributed by atoms with van der Waals surface area (Å²) in [5, 5.41) is 0. The Kier molecular flexibility index (Phi) is 11.5. The zero-order valence-corrected chi connectivity index (χ0v) is 19.0. The van der Waals surface area contributed by atoms with Gasteiger partial charge in [0.25, 0.3) is 0 Å². The van der Waals surface area contributed by atoms with Gasteiger partial charge in [-0.25, -0.2) is 0 Å². The van der Waals surface area contributed by atoms with Crippen LogP contribution in [0.25, 0.3) is 0 Å². The molecule has 0 fully saturated rings. The van der Waals surface area contributed by atoms with Crippen LogP contribution in [0.3, 0.4) is 0 Å². The molecule has 2 rings (SSSR count). The van der Waals surface area contributed by atoms with Crippen LogP contribution in [0, 0.1) is 0 Å². The molecule has 164 valence electrons. The van der Waals surface area contributed by atoms with Gasteiger partial charge in [0.05, 0.1) is 18.6 Å². The van der Waals surface area contributed by atoms with Gasteiger partial charge < -0.3 is 9.47 Å². The van der Waals surface area contributed by atoms with Crippen LogP contribution in [0.4, 0.5) is 0 Å². The molecule has 0 heterocycles. The number of ether oxygens (including phenoxy) is 2. The average Bonchev–Trinajstić information content (AvgIpc) is 2.77. The molecule has 0 aliphatic heterocycles. The minimum Gasteiger partial charge on any atom is -0.465 e. The van der Waals surface area contributed by atoms with Gasteiger partial charge in [-0.3, -0.25) is 9.59 Å². The van der Waals surface area contributed by atoms with Gasteiger partial charge in [0, 0.05) is 12.3 Å². The lowest BCUT2D eigenvalue weighted by molar-refractivity contribution is -0.149. The molecule has 0 aliphatic rings. The van der Waals surface area contributed by atoms with Crippen LogP contribution in [0.5, 0.6) is 0 Å². The van der Waals surface area contributed by atoms with E-state index in [-0.39, 0.29) is 17.9 Å². The third-order valence-electron chi connectivity index (χ3n) is 4.76. The van der Waals surface area contributed by atoms with Gasteiger partial charge in [-0.05, 0) is 37.8 Å². The SMILES string of the molecule is CCCC(=O)OC[C@@H](C)c1ccccc1.CCCOC(=O)C(C)(C)c1ccccc1. The van der Waals surface area contributed by atoms with Crippen molar-refractivity contribution in [2.75, 3.05) is 13.2 Å². The fourth-order valence-corrected chi connectivity index (χ4v) is 2.72. The quantitative estimate of drug-likeness (QED) is 0.470. The highest BCUT2D eigenvalue weighted by molar-refractivity contribution is 5.82. The Morgan fingerprint density at radius 2 is 1.43 bits per heavy atom. The Labute approximate surface area is 181 Å². The molecule has 2 aromatic carbocycles. The van der Waals surface area contributed by atoms with Crippen molar-refractivity contribution in [1.82, 2.24) is 0 Å². The minimum absolute atomic E-state index is 0.0970. The molecule has 0 saturated heterocycles. The summed E-state index contributed by atoms with van der Waals surface area (Å²) in [7, 11) is 0. The average molecular weight is 413 g/mol. The van der Waals surface area contributed by atoms with Crippen LogP contribution in [-0.2, 0) is 24.5 Å². The largest absolute Gasteiger partial charge is 0.465 e. The summed E-state index contributed by atoms with van der Waals surface area (Å²) in [6, 6.07) is 19.8. The van der Waals surface area contributed by atoms with Crippen molar-refractivity contribution in [1.29, 1.82) is 0 Å². The van der Waals surface area contributed by atoms with Gasteiger partial charge in [-0.15, -0.1) is 0 Å². The van der Waals surface area contributed by atoms with E-state index in [1.807, 2.05) is 76.2 Å². The van der Waals surface area contributed by atoms with Crippen LogP contribution in [-0.4, -0.2) is 25.2 Å². The topological polar surface area (TPSA) is 52.6 Å². The summed E-state index contributed by atoms with van der Waals surface area (Å²) in [6.07, 6.45) is 2.22. The minimum atomic E-state index is -0.559. The van der Waals surface area contributed by atoms with Crippen LogP contribution in [0.15, 0.2) is 60.7 Å². The van der Waals surface area contributed by atoms with Crippen LogP contribution in [0.1, 0.15) is 70.9 Å². The molecule has 4 nitrogen and oxygen atoms in total. The highest BCUT2D eigenvalue weighted by Crippen LogP contribution is 2.24. The van der Waals surface area contributed by atoms with E-state index in [2.05, 4.69) is 19.1 Å². The standard InChI is InChI=1S/2C13H18O2/c1-4-10-15-12(14)13(2,3)11-8-6-5-7-9-11;1-3-7-13(14)15-10-11(2)12-8-5-4-6-9-12/h5-9H,4,10H2,1-3H3;4-6,8-9,11H,3,7,10H2,1-2H3/t;11-/m.1/s1. The molecule has 0 aromatic heterocycles. The number of hydrogen-bond acceptors (Lipinski definition) is 4. The monoisotopic (exact) mass is 412 g/mol. The Morgan fingerprint density at radius 1 is 0.867 bits per heavy atom. The molecule has 0 radical (unpaired) electrons. The maximum Gasteiger partial charge on any atom is 0.315 e. The molecular weight excluding hydrogens is 376 g/mol. The summed E-state index contributed by atoms with van der Waals surface area (Å²) >= 11 is 0. The lowest BCUT2D eigenvalue weighted by Gasteiger charge is -2.22. The van der Waals surface area contributed by atoms with Gasteiger partial charge in [-0.2, -0.15) is 0 Å². The Hall–Kier alpha value is -2.62. The van der Waals surface area contributed by atoms with Crippen molar-refractivity contribution in [3.63, 3.8) is 0 Å². The third kappa shape index (κ3) is 8.81. The first kappa shape index (κ1) is 25.4. The molecule has 0 bridgehead atoms. The molecule has 30 heavy (non-hydrogen) atoms. The molecule has 0 unspecified atom stereocenters. The zero-order chi connectivity index (χ0) is 22.4. The summed E-state index contributed by atoms with van der Waals surface area (Å²) < 4.78 is 10.3. The van der Waals surface area contributed by atoms with Gasteiger partial charge >= 0.3 is 11.9 Å². The van der Waals surface area contributed by atoms with E-state index in [1.54, 1.807) is 0 Å². The Bertz CT molecular complexity index is 738. The second kappa shape index (κ2) is 13.6. The number of carbonyl (C=O) groups is 2. The zero-order valence-electron chi connectivity index (χ0n) is 19.0. The van der Waals surface area contributed by atoms with Crippen LogP contribution < -0.4 is 0 Å². The van der Waals surface area contributed by atoms with Crippen molar-refractivity contribution in [2.24, 2.45) is 0 Å². The highest BCUT2D eigenvalue weighted by Gasteiger charge is 2.30. The maximum atomic E-state index is 11.8. The van der Waals surface area contributed by atoms with E-state index < -0.39 is 5.41 Å². The van der Waals surface area contributed by atoms with E-state index in [0.717, 1.165) is 18.4 Å². The molecule has 0 N–H and O–H groups in total. The summed E-state index contributed by atoms with van der Waals surface area (Å²) in [6.45, 7) is 10.8.